The molecular weight excluding hydrogens is 433 g/mol. The summed E-state index contributed by atoms with van der Waals surface area (Å²) in [6.45, 7) is -0.463. The minimum Gasteiger partial charge on any atom is -0.493 e. The van der Waals surface area contributed by atoms with Gasteiger partial charge in [0, 0.05) is 0 Å². The molecular formula is C24H20FNO7. The van der Waals surface area contributed by atoms with Crippen LogP contribution in [0.5, 0.6) is 17.2 Å². The van der Waals surface area contributed by atoms with Crippen LogP contribution in [0.4, 0.5) is 10.1 Å². The lowest BCUT2D eigenvalue weighted by Gasteiger charge is -2.13. The number of anilines is 1. The Bertz CT molecular complexity index is 1180. The molecule has 0 heterocycles. The van der Waals surface area contributed by atoms with Crippen molar-refractivity contribution in [3.05, 3.63) is 83.7 Å². The van der Waals surface area contributed by atoms with E-state index >= 15 is 0 Å². The average Bonchev–Trinajstić information content (AvgIpc) is 2.84. The maximum absolute atomic E-state index is 13.7. The third-order valence-corrected chi connectivity index (χ3v) is 4.40. The van der Waals surface area contributed by atoms with Crippen molar-refractivity contribution in [2.24, 2.45) is 0 Å². The summed E-state index contributed by atoms with van der Waals surface area (Å²) in [4.78, 5) is 36.6. The minimum absolute atomic E-state index is 0.0151. The van der Waals surface area contributed by atoms with Gasteiger partial charge >= 0.3 is 11.9 Å². The summed E-state index contributed by atoms with van der Waals surface area (Å²) >= 11 is 0. The Morgan fingerprint density at radius 1 is 0.848 bits per heavy atom. The average molecular weight is 453 g/mol. The van der Waals surface area contributed by atoms with Crippen molar-refractivity contribution in [1.82, 2.24) is 0 Å². The summed E-state index contributed by atoms with van der Waals surface area (Å²) in [6.07, 6.45) is 0. The van der Waals surface area contributed by atoms with Gasteiger partial charge in [0.2, 0.25) is 0 Å². The van der Waals surface area contributed by atoms with Gasteiger partial charge in [-0.15, -0.1) is 0 Å². The van der Waals surface area contributed by atoms with Crippen molar-refractivity contribution in [2.45, 2.75) is 0 Å². The van der Waals surface area contributed by atoms with Crippen LogP contribution < -0.4 is 19.5 Å². The van der Waals surface area contributed by atoms with E-state index in [0.717, 1.165) is 0 Å². The summed E-state index contributed by atoms with van der Waals surface area (Å²) in [7, 11) is 2.61. The number of methoxy groups -OCH3 is 2. The number of nitrogens with one attached hydrogen (secondary N) is 1. The number of halogens is 1. The maximum atomic E-state index is 13.7. The van der Waals surface area contributed by atoms with Crippen LogP contribution in [-0.4, -0.2) is 38.7 Å². The molecule has 3 rings (SSSR count). The van der Waals surface area contributed by atoms with Crippen LogP contribution in [0, 0.1) is 5.82 Å². The Morgan fingerprint density at radius 2 is 1.58 bits per heavy atom. The van der Waals surface area contributed by atoms with Crippen molar-refractivity contribution in [2.75, 3.05) is 26.1 Å². The molecule has 0 aromatic heterocycles. The molecule has 3 aromatic carbocycles. The molecule has 170 valence electrons. The quantitative estimate of drug-likeness (QED) is 0.408. The molecule has 0 aliphatic rings. The zero-order valence-corrected chi connectivity index (χ0v) is 17.8. The van der Waals surface area contributed by atoms with Gasteiger partial charge in [0.1, 0.15) is 17.1 Å². The number of esters is 2. The van der Waals surface area contributed by atoms with E-state index in [2.05, 4.69) is 10.1 Å². The van der Waals surface area contributed by atoms with E-state index in [9.17, 15) is 18.8 Å². The Hall–Kier alpha value is -4.40. The monoisotopic (exact) mass is 453 g/mol. The molecule has 0 spiro atoms. The van der Waals surface area contributed by atoms with E-state index in [0.29, 0.717) is 0 Å². The molecule has 33 heavy (non-hydrogen) atoms. The second-order valence-corrected chi connectivity index (χ2v) is 6.56. The number of rotatable bonds is 8. The molecule has 0 saturated carbocycles. The highest BCUT2D eigenvalue weighted by Crippen LogP contribution is 2.30. The van der Waals surface area contributed by atoms with Crippen LogP contribution >= 0.6 is 0 Å². The van der Waals surface area contributed by atoms with Crippen molar-refractivity contribution in [1.29, 1.82) is 0 Å². The van der Waals surface area contributed by atoms with Crippen LogP contribution in [0.25, 0.3) is 0 Å². The molecule has 0 bridgehead atoms. The largest absolute Gasteiger partial charge is 0.493 e. The number of benzene rings is 3. The first-order valence-electron chi connectivity index (χ1n) is 9.67. The van der Waals surface area contributed by atoms with Crippen molar-refractivity contribution < 1.29 is 37.7 Å². The van der Waals surface area contributed by atoms with Crippen molar-refractivity contribution in [3.63, 3.8) is 0 Å². The van der Waals surface area contributed by atoms with Crippen LogP contribution in [-0.2, 0) is 9.53 Å². The molecule has 3 aromatic rings. The molecule has 9 heteroatoms. The van der Waals surface area contributed by atoms with Gasteiger partial charge < -0.3 is 24.3 Å². The van der Waals surface area contributed by atoms with Gasteiger partial charge in [0.05, 0.1) is 25.5 Å². The minimum atomic E-state index is -0.774. The second-order valence-electron chi connectivity index (χ2n) is 6.56. The smallest absolute Gasteiger partial charge is 0.347 e. The summed E-state index contributed by atoms with van der Waals surface area (Å²) in [5.74, 6) is -2.22. The molecule has 0 fully saturated rings. The standard InChI is InChI=1S/C24H20FNO7/c1-30-21-13-15(23(28)31-2)11-12-20(21)33-24(29)16-7-3-6-10-19(16)32-14-22(27)26-18-9-5-4-8-17(18)25/h3-13H,14H2,1-2H3,(H,26,27). The van der Waals surface area contributed by atoms with Gasteiger partial charge in [0.15, 0.2) is 18.1 Å². The molecule has 0 radical (unpaired) electrons. The van der Waals surface area contributed by atoms with E-state index in [-0.39, 0.29) is 34.1 Å². The van der Waals surface area contributed by atoms with Gasteiger partial charge in [-0.25, -0.2) is 14.0 Å². The number of amides is 1. The lowest BCUT2D eigenvalue weighted by Crippen LogP contribution is -2.22. The highest BCUT2D eigenvalue weighted by Gasteiger charge is 2.19. The topological polar surface area (TPSA) is 100 Å². The Labute approximate surface area is 188 Å². The number of ether oxygens (including phenoxy) is 4. The van der Waals surface area contributed by atoms with Crippen LogP contribution in [0.15, 0.2) is 66.7 Å². The molecule has 0 aliphatic carbocycles. The van der Waals surface area contributed by atoms with Gasteiger partial charge in [-0.2, -0.15) is 0 Å². The third-order valence-electron chi connectivity index (χ3n) is 4.40. The van der Waals surface area contributed by atoms with Crippen LogP contribution in [0.3, 0.4) is 0 Å². The lowest BCUT2D eigenvalue weighted by molar-refractivity contribution is -0.118. The van der Waals surface area contributed by atoms with Crippen LogP contribution in [0.1, 0.15) is 20.7 Å². The molecule has 1 amide bonds. The number of hydrogen-bond acceptors (Lipinski definition) is 7. The SMILES string of the molecule is COC(=O)c1ccc(OC(=O)c2ccccc2OCC(=O)Nc2ccccc2F)c(OC)c1. The normalized spacial score (nSPS) is 10.2. The number of carbonyl (C=O) groups excluding carboxylic acids is 3. The van der Waals surface area contributed by atoms with E-state index < -0.39 is 30.3 Å². The van der Waals surface area contributed by atoms with Crippen molar-refractivity contribution >= 4 is 23.5 Å². The third kappa shape index (κ3) is 5.85. The fourth-order valence-corrected chi connectivity index (χ4v) is 2.80. The Balaban J connectivity index is 1.71. The fraction of sp³-hybridized carbons (Fsp3) is 0.125. The number of hydrogen-bond donors (Lipinski definition) is 1. The fourth-order valence-electron chi connectivity index (χ4n) is 2.80. The van der Waals surface area contributed by atoms with Gasteiger partial charge in [-0.1, -0.05) is 24.3 Å². The number of carbonyl (C=O) groups is 3. The summed E-state index contributed by atoms with van der Waals surface area (Å²) in [6, 6.07) is 16.1. The van der Waals surface area contributed by atoms with E-state index in [1.165, 1.54) is 62.8 Å². The molecule has 1 N–H and O–H groups in total. The lowest BCUT2D eigenvalue weighted by atomic mass is 10.2. The maximum Gasteiger partial charge on any atom is 0.347 e. The van der Waals surface area contributed by atoms with Gasteiger partial charge in [-0.3, -0.25) is 4.79 Å². The summed E-state index contributed by atoms with van der Waals surface area (Å²) in [5, 5.41) is 2.39. The molecule has 0 aliphatic heterocycles. The van der Waals surface area contributed by atoms with Crippen LogP contribution in [0.2, 0.25) is 0 Å². The molecule has 0 unspecified atom stereocenters. The van der Waals surface area contributed by atoms with E-state index in [1.807, 2.05) is 0 Å². The van der Waals surface area contributed by atoms with Gasteiger partial charge in [0.25, 0.3) is 5.91 Å². The predicted octanol–water partition coefficient (Wildman–Crippen LogP) is 3.86. The second kappa shape index (κ2) is 10.8. The highest BCUT2D eigenvalue weighted by molar-refractivity contribution is 5.95. The van der Waals surface area contributed by atoms with Gasteiger partial charge in [-0.05, 0) is 42.5 Å². The zero-order chi connectivity index (χ0) is 23.8. The molecule has 0 atom stereocenters. The Morgan fingerprint density at radius 3 is 2.30 bits per heavy atom. The summed E-state index contributed by atoms with van der Waals surface area (Å²) in [5.41, 5.74) is 0.287. The summed E-state index contributed by atoms with van der Waals surface area (Å²) < 4.78 is 34.4. The molecule has 8 nitrogen and oxygen atoms in total. The first-order chi connectivity index (χ1) is 15.9. The van der Waals surface area contributed by atoms with Crippen molar-refractivity contribution in [3.8, 4) is 17.2 Å². The number of para-hydroxylation sites is 2. The highest BCUT2D eigenvalue weighted by atomic mass is 19.1. The first kappa shape index (κ1) is 23.3. The Kier molecular flexibility index (Phi) is 7.59. The zero-order valence-electron chi connectivity index (χ0n) is 17.8. The first-order valence-corrected chi connectivity index (χ1v) is 9.67. The van der Waals surface area contributed by atoms with E-state index in [4.69, 9.17) is 14.2 Å². The molecule has 0 saturated heterocycles. The predicted molar refractivity (Wildman–Crippen MR) is 116 cm³/mol. The van der Waals surface area contributed by atoms with E-state index in [1.54, 1.807) is 18.2 Å².